The van der Waals surface area contributed by atoms with Crippen LogP contribution in [0.15, 0.2) is 18.3 Å². The Morgan fingerprint density at radius 2 is 2.16 bits per heavy atom. The van der Waals surface area contributed by atoms with Gasteiger partial charge in [0.15, 0.2) is 0 Å². The molecule has 0 atom stereocenters. The number of anilines is 1. The average Bonchev–Trinajstić information content (AvgIpc) is 2.38. The van der Waals surface area contributed by atoms with Gasteiger partial charge in [0.1, 0.15) is 0 Å². The molecule has 0 saturated heterocycles. The summed E-state index contributed by atoms with van der Waals surface area (Å²) in [7, 11) is 0. The van der Waals surface area contributed by atoms with Gasteiger partial charge < -0.3 is 21.1 Å². The van der Waals surface area contributed by atoms with Gasteiger partial charge in [0.25, 0.3) is 0 Å². The second-order valence-corrected chi connectivity index (χ2v) is 3.95. The van der Waals surface area contributed by atoms with Gasteiger partial charge in [-0.3, -0.25) is 9.59 Å². The average molecular weight is 282 g/mol. The lowest BCUT2D eigenvalue weighted by Gasteiger charge is -2.06. The molecule has 0 unspecified atom stereocenters. The van der Waals surface area contributed by atoms with Gasteiger partial charge in [-0.25, -0.2) is 4.98 Å². The fourth-order valence-corrected chi connectivity index (χ4v) is 1.20. The number of aromatic nitrogens is 1. The third-order valence-corrected chi connectivity index (χ3v) is 2.06. The lowest BCUT2D eigenvalue weighted by molar-refractivity contribution is -0.135. The number of ether oxygens (including phenoxy) is 1. The van der Waals surface area contributed by atoms with Crippen LogP contribution in [0.3, 0.4) is 0 Å². The van der Waals surface area contributed by atoms with E-state index < -0.39 is 11.8 Å². The molecule has 0 fully saturated rings. The second-order valence-electron chi connectivity index (χ2n) is 3.42. The van der Waals surface area contributed by atoms with Crippen LogP contribution in [-0.2, 0) is 9.59 Å². The van der Waals surface area contributed by atoms with Crippen LogP contribution in [0.2, 0.25) is 0 Å². The van der Waals surface area contributed by atoms with E-state index in [0.29, 0.717) is 18.2 Å². The first-order valence-electron chi connectivity index (χ1n) is 5.49. The summed E-state index contributed by atoms with van der Waals surface area (Å²) in [5.74, 6) is -1.19. The molecule has 0 aliphatic heterocycles. The maximum atomic E-state index is 11.5. The van der Waals surface area contributed by atoms with Crippen molar-refractivity contribution >= 4 is 34.7 Å². The Morgan fingerprint density at radius 3 is 2.68 bits per heavy atom. The molecule has 8 heteroatoms. The third kappa shape index (κ3) is 5.30. The molecule has 0 bridgehead atoms. The topological polar surface area (TPSA) is 106 Å². The zero-order valence-electron chi connectivity index (χ0n) is 10.3. The number of nitrogens with zero attached hydrogens (tertiary/aromatic N) is 1. The maximum Gasteiger partial charge on any atom is 0.313 e. The molecule has 1 rings (SSSR count). The van der Waals surface area contributed by atoms with E-state index in [0.717, 1.165) is 0 Å². The minimum Gasteiger partial charge on any atom is -0.478 e. The minimum atomic E-state index is -0.818. The van der Waals surface area contributed by atoms with Crippen LogP contribution in [0.1, 0.15) is 6.92 Å². The number of thiocarbonyl (C=S) groups is 1. The molecule has 7 nitrogen and oxygen atoms in total. The number of amides is 2. The molecule has 19 heavy (non-hydrogen) atoms. The van der Waals surface area contributed by atoms with Crippen LogP contribution in [0, 0.1) is 0 Å². The highest BCUT2D eigenvalue weighted by Crippen LogP contribution is 2.11. The Balaban J connectivity index is 2.51. The van der Waals surface area contributed by atoms with Gasteiger partial charge in [-0.1, -0.05) is 12.2 Å². The van der Waals surface area contributed by atoms with Gasteiger partial charge in [-0.15, -0.1) is 0 Å². The number of rotatable bonds is 5. The summed E-state index contributed by atoms with van der Waals surface area (Å²) in [4.78, 5) is 26.9. The maximum absolute atomic E-state index is 11.5. The fourth-order valence-electron chi connectivity index (χ4n) is 1.12. The summed E-state index contributed by atoms with van der Waals surface area (Å²) in [6.45, 7) is 2.31. The van der Waals surface area contributed by atoms with Crippen LogP contribution in [-0.4, -0.2) is 34.9 Å². The van der Waals surface area contributed by atoms with Crippen molar-refractivity contribution in [3.05, 3.63) is 18.3 Å². The lowest BCUT2D eigenvalue weighted by atomic mass is 10.4. The van der Waals surface area contributed by atoms with Gasteiger partial charge >= 0.3 is 11.8 Å². The fraction of sp³-hybridized carbons (Fsp3) is 0.273. The van der Waals surface area contributed by atoms with Gasteiger partial charge in [0, 0.05) is 6.07 Å². The molecule has 102 valence electrons. The summed E-state index contributed by atoms with van der Waals surface area (Å²) >= 11 is 4.58. The smallest absolute Gasteiger partial charge is 0.313 e. The van der Waals surface area contributed by atoms with Crippen molar-refractivity contribution in [2.75, 3.05) is 18.5 Å². The van der Waals surface area contributed by atoms with E-state index in [9.17, 15) is 9.59 Å². The highest BCUT2D eigenvalue weighted by molar-refractivity contribution is 7.80. The van der Waals surface area contributed by atoms with Crippen molar-refractivity contribution in [3.8, 4) is 5.88 Å². The van der Waals surface area contributed by atoms with Crippen LogP contribution in [0.4, 0.5) is 5.69 Å². The summed E-state index contributed by atoms with van der Waals surface area (Å²) in [6.07, 6.45) is 1.39. The van der Waals surface area contributed by atoms with Crippen molar-refractivity contribution in [1.82, 2.24) is 10.3 Å². The number of hydrogen-bond donors (Lipinski definition) is 3. The van der Waals surface area contributed by atoms with Gasteiger partial charge in [-0.05, 0) is 13.0 Å². The molecule has 1 aromatic rings. The highest BCUT2D eigenvalue weighted by Gasteiger charge is 2.13. The number of carbonyl (C=O) groups is 2. The molecule has 4 N–H and O–H groups in total. The molecule has 0 aliphatic carbocycles. The molecule has 0 aliphatic rings. The minimum absolute atomic E-state index is 0.0247. The van der Waals surface area contributed by atoms with Crippen molar-refractivity contribution in [2.45, 2.75) is 6.92 Å². The zero-order valence-corrected chi connectivity index (χ0v) is 11.1. The molecule has 1 aromatic heterocycles. The van der Waals surface area contributed by atoms with E-state index in [1.54, 1.807) is 12.1 Å². The first-order valence-corrected chi connectivity index (χ1v) is 5.90. The van der Waals surface area contributed by atoms with Crippen molar-refractivity contribution in [1.29, 1.82) is 0 Å². The van der Waals surface area contributed by atoms with Crippen LogP contribution >= 0.6 is 12.2 Å². The monoisotopic (exact) mass is 282 g/mol. The predicted octanol–water partition coefficient (Wildman–Crippen LogP) is -0.179. The summed E-state index contributed by atoms with van der Waals surface area (Å²) in [6, 6.07) is 3.17. The number of carbonyl (C=O) groups excluding carboxylic acids is 2. The first-order chi connectivity index (χ1) is 9.02. The van der Waals surface area contributed by atoms with Crippen LogP contribution in [0.5, 0.6) is 5.88 Å². The van der Waals surface area contributed by atoms with E-state index in [2.05, 4.69) is 27.8 Å². The van der Waals surface area contributed by atoms with Crippen molar-refractivity contribution < 1.29 is 14.3 Å². The lowest BCUT2D eigenvalue weighted by Crippen LogP contribution is -2.39. The van der Waals surface area contributed by atoms with Crippen LogP contribution < -0.4 is 21.1 Å². The van der Waals surface area contributed by atoms with E-state index in [1.165, 1.54) is 6.20 Å². The molecule has 0 radical (unpaired) electrons. The SMILES string of the molecule is CCOc1ccc(NC(=O)C(=O)NCC(N)=S)cn1. The summed E-state index contributed by atoms with van der Waals surface area (Å²) < 4.78 is 5.15. The van der Waals surface area contributed by atoms with E-state index in [4.69, 9.17) is 10.5 Å². The molecule has 0 spiro atoms. The second kappa shape index (κ2) is 7.27. The highest BCUT2D eigenvalue weighted by atomic mass is 32.1. The molecular formula is C11H14N4O3S. The molecule has 0 aromatic carbocycles. The van der Waals surface area contributed by atoms with Gasteiger partial charge in [0.2, 0.25) is 5.88 Å². The van der Waals surface area contributed by atoms with Crippen molar-refractivity contribution in [3.63, 3.8) is 0 Å². The quantitative estimate of drug-likeness (QED) is 0.511. The number of nitrogens with one attached hydrogen (secondary N) is 2. The number of nitrogens with two attached hydrogens (primary N) is 1. The standard InChI is InChI=1S/C11H14N4O3S/c1-2-18-9-4-3-7(5-13-9)15-11(17)10(16)14-6-8(12)19/h3-5H,2,6H2,1H3,(H2,12,19)(H,14,16)(H,15,17). The third-order valence-electron chi connectivity index (χ3n) is 1.92. The first kappa shape index (κ1) is 14.8. The molecular weight excluding hydrogens is 268 g/mol. The van der Waals surface area contributed by atoms with Crippen molar-refractivity contribution in [2.24, 2.45) is 5.73 Å². The van der Waals surface area contributed by atoms with Crippen LogP contribution in [0.25, 0.3) is 0 Å². The van der Waals surface area contributed by atoms with Gasteiger partial charge in [0.05, 0.1) is 30.0 Å². The molecule has 1 heterocycles. The molecule has 2 amide bonds. The van der Waals surface area contributed by atoms with E-state index in [-0.39, 0.29) is 11.5 Å². The largest absolute Gasteiger partial charge is 0.478 e. The normalized spacial score (nSPS) is 9.53. The Hall–Kier alpha value is -2.22. The Bertz CT molecular complexity index is 475. The van der Waals surface area contributed by atoms with Gasteiger partial charge in [-0.2, -0.15) is 0 Å². The Labute approximate surface area is 115 Å². The van der Waals surface area contributed by atoms with E-state index >= 15 is 0 Å². The predicted molar refractivity (Wildman–Crippen MR) is 73.8 cm³/mol. The Morgan fingerprint density at radius 1 is 1.42 bits per heavy atom. The number of pyridine rings is 1. The summed E-state index contributed by atoms with van der Waals surface area (Å²) in [5.41, 5.74) is 5.59. The number of hydrogen-bond acceptors (Lipinski definition) is 5. The summed E-state index contributed by atoms with van der Waals surface area (Å²) in [5, 5.41) is 4.65. The zero-order chi connectivity index (χ0) is 14.3. The van der Waals surface area contributed by atoms with E-state index in [1.807, 2.05) is 6.92 Å². The molecule has 0 saturated carbocycles. The Kier molecular flexibility index (Phi) is 5.68.